The third-order valence-corrected chi connectivity index (χ3v) is 6.61. The van der Waals surface area contributed by atoms with Crippen LogP contribution in [0.15, 0.2) is 59.1 Å². The van der Waals surface area contributed by atoms with E-state index in [0.29, 0.717) is 26.9 Å². The van der Waals surface area contributed by atoms with Crippen molar-refractivity contribution in [3.05, 3.63) is 75.3 Å². The molecule has 2 aromatic carbocycles. The van der Waals surface area contributed by atoms with Crippen LogP contribution in [0.3, 0.4) is 0 Å². The van der Waals surface area contributed by atoms with E-state index < -0.39 is 5.72 Å². The van der Waals surface area contributed by atoms with Gasteiger partial charge in [-0.1, -0.05) is 35.9 Å². The highest BCUT2D eigenvalue weighted by molar-refractivity contribution is 8.03. The van der Waals surface area contributed by atoms with Gasteiger partial charge >= 0.3 is 0 Å². The Bertz CT molecular complexity index is 998. The van der Waals surface area contributed by atoms with Crippen LogP contribution in [-0.4, -0.2) is 28.8 Å². The molecule has 1 fully saturated rings. The standard InChI is InChI=1S/C21H17ClN2O3S/c1-27-16-8-2-13(3-9-16)17-10-19(25)24-20(18(17)11-23)28-12-21(24,26)14-4-6-15(22)7-5-14/h2-9,17,26H,10,12H2,1H3/t17-,21+/m1/s1. The zero-order chi connectivity index (χ0) is 19.9. The molecule has 1 N–H and O–H groups in total. The van der Waals surface area contributed by atoms with Crippen LogP contribution < -0.4 is 4.74 Å². The zero-order valence-corrected chi connectivity index (χ0v) is 16.6. The molecule has 0 unspecified atom stereocenters. The van der Waals surface area contributed by atoms with E-state index in [1.165, 1.54) is 16.7 Å². The first-order valence-corrected chi connectivity index (χ1v) is 10.1. The van der Waals surface area contributed by atoms with Gasteiger partial charge in [0.1, 0.15) is 5.75 Å². The quantitative estimate of drug-likeness (QED) is 0.825. The zero-order valence-electron chi connectivity index (χ0n) is 15.1. The van der Waals surface area contributed by atoms with Crippen molar-refractivity contribution in [2.75, 3.05) is 12.9 Å². The third-order valence-electron chi connectivity index (χ3n) is 5.14. The number of benzene rings is 2. The number of amides is 1. The third kappa shape index (κ3) is 2.96. The molecule has 4 rings (SSSR count). The van der Waals surface area contributed by atoms with Gasteiger partial charge in [0.2, 0.25) is 5.91 Å². The molecule has 7 heteroatoms. The van der Waals surface area contributed by atoms with Gasteiger partial charge in [-0.3, -0.25) is 9.69 Å². The number of hydrogen-bond donors (Lipinski definition) is 1. The number of nitrogens with zero attached hydrogens (tertiary/aromatic N) is 2. The molecule has 2 aromatic rings. The molecule has 2 atom stereocenters. The fourth-order valence-corrected chi connectivity index (χ4v) is 5.16. The van der Waals surface area contributed by atoms with E-state index >= 15 is 0 Å². The Morgan fingerprint density at radius 2 is 1.93 bits per heavy atom. The Labute approximate surface area is 172 Å². The van der Waals surface area contributed by atoms with Gasteiger partial charge in [-0.2, -0.15) is 5.26 Å². The van der Waals surface area contributed by atoms with Crippen molar-refractivity contribution in [3.8, 4) is 11.8 Å². The maximum atomic E-state index is 13.1. The van der Waals surface area contributed by atoms with Gasteiger partial charge < -0.3 is 9.84 Å². The molecule has 2 aliphatic rings. The van der Waals surface area contributed by atoms with Gasteiger partial charge in [0.05, 0.1) is 29.5 Å². The van der Waals surface area contributed by atoms with Crippen LogP contribution in [0, 0.1) is 11.3 Å². The van der Waals surface area contributed by atoms with Crippen LogP contribution in [-0.2, 0) is 10.5 Å². The first-order chi connectivity index (χ1) is 13.5. The molecule has 0 aromatic heterocycles. The molecule has 0 bridgehead atoms. The van der Waals surface area contributed by atoms with E-state index in [1.807, 2.05) is 24.3 Å². The molecule has 2 aliphatic heterocycles. The van der Waals surface area contributed by atoms with Crippen LogP contribution in [0.5, 0.6) is 5.75 Å². The van der Waals surface area contributed by atoms with Crippen LogP contribution in [0.4, 0.5) is 0 Å². The molecule has 1 saturated heterocycles. The molecule has 0 saturated carbocycles. The van der Waals surface area contributed by atoms with E-state index in [4.69, 9.17) is 16.3 Å². The van der Waals surface area contributed by atoms with E-state index in [0.717, 1.165) is 5.56 Å². The smallest absolute Gasteiger partial charge is 0.231 e. The lowest BCUT2D eigenvalue weighted by Gasteiger charge is -2.38. The van der Waals surface area contributed by atoms with E-state index in [-0.39, 0.29) is 24.0 Å². The first kappa shape index (κ1) is 18.9. The summed E-state index contributed by atoms with van der Waals surface area (Å²) in [5.74, 6) is 0.425. The molecule has 0 radical (unpaired) electrons. The minimum Gasteiger partial charge on any atom is -0.497 e. The summed E-state index contributed by atoms with van der Waals surface area (Å²) in [6.07, 6.45) is 0.120. The lowest BCUT2D eigenvalue weighted by Crippen LogP contribution is -2.48. The Morgan fingerprint density at radius 1 is 1.25 bits per heavy atom. The van der Waals surface area contributed by atoms with Crippen LogP contribution in [0.25, 0.3) is 0 Å². The lowest BCUT2D eigenvalue weighted by atomic mass is 9.85. The van der Waals surface area contributed by atoms with Gasteiger partial charge in [-0.05, 0) is 29.8 Å². The summed E-state index contributed by atoms with van der Waals surface area (Å²) in [6, 6.07) is 16.4. The Balaban J connectivity index is 1.77. The number of aliphatic hydroxyl groups is 1. The number of fused-ring (bicyclic) bond motifs is 1. The summed E-state index contributed by atoms with van der Waals surface area (Å²) in [5, 5.41) is 22.3. The lowest BCUT2D eigenvalue weighted by molar-refractivity contribution is -0.149. The minimum atomic E-state index is -1.49. The number of nitriles is 1. The predicted octanol–water partition coefficient (Wildman–Crippen LogP) is 3.99. The van der Waals surface area contributed by atoms with Crippen molar-refractivity contribution in [1.29, 1.82) is 5.26 Å². The van der Waals surface area contributed by atoms with Crippen molar-refractivity contribution in [3.63, 3.8) is 0 Å². The summed E-state index contributed by atoms with van der Waals surface area (Å²) in [5.41, 5.74) is 0.460. The van der Waals surface area contributed by atoms with Gasteiger partial charge in [-0.15, -0.1) is 11.8 Å². The number of carbonyl (C=O) groups is 1. The number of methoxy groups -OCH3 is 1. The molecule has 0 aliphatic carbocycles. The van der Waals surface area contributed by atoms with Gasteiger partial charge in [0, 0.05) is 22.9 Å². The van der Waals surface area contributed by atoms with E-state index in [2.05, 4.69) is 6.07 Å². The van der Waals surface area contributed by atoms with E-state index in [1.54, 1.807) is 31.4 Å². The van der Waals surface area contributed by atoms with Crippen molar-refractivity contribution in [2.45, 2.75) is 18.1 Å². The largest absolute Gasteiger partial charge is 0.497 e. The topological polar surface area (TPSA) is 73.6 Å². The number of rotatable bonds is 3. The SMILES string of the molecule is COc1ccc([C@H]2CC(=O)N3C(=C2C#N)SC[C@]3(O)c2ccc(Cl)cc2)cc1. The second kappa shape index (κ2) is 7.17. The Kier molecular flexibility index (Phi) is 4.84. The normalized spacial score (nSPS) is 24.1. The van der Waals surface area contributed by atoms with Crippen molar-refractivity contribution >= 4 is 29.3 Å². The number of hydrogen-bond acceptors (Lipinski definition) is 5. The average molecular weight is 413 g/mol. The molecule has 142 valence electrons. The van der Waals surface area contributed by atoms with Crippen LogP contribution in [0.1, 0.15) is 23.5 Å². The van der Waals surface area contributed by atoms with Crippen molar-refractivity contribution < 1.29 is 14.6 Å². The second-order valence-electron chi connectivity index (χ2n) is 6.70. The molecule has 1 amide bonds. The highest BCUT2D eigenvalue weighted by Gasteiger charge is 2.51. The molecule has 28 heavy (non-hydrogen) atoms. The number of carbonyl (C=O) groups excluding carboxylic acids is 1. The summed E-state index contributed by atoms with van der Waals surface area (Å²) in [4.78, 5) is 14.4. The fraction of sp³-hybridized carbons (Fsp3) is 0.238. The summed E-state index contributed by atoms with van der Waals surface area (Å²) < 4.78 is 5.19. The summed E-state index contributed by atoms with van der Waals surface area (Å²) >= 11 is 7.28. The first-order valence-electron chi connectivity index (χ1n) is 8.70. The van der Waals surface area contributed by atoms with Crippen LogP contribution >= 0.6 is 23.4 Å². The molecular weight excluding hydrogens is 396 g/mol. The molecule has 2 heterocycles. The second-order valence-corrected chi connectivity index (χ2v) is 8.10. The minimum absolute atomic E-state index is 0.120. The Morgan fingerprint density at radius 3 is 2.54 bits per heavy atom. The molecular formula is C21H17ClN2O3S. The van der Waals surface area contributed by atoms with Crippen LogP contribution in [0.2, 0.25) is 5.02 Å². The summed E-state index contributed by atoms with van der Waals surface area (Å²) in [6.45, 7) is 0. The van der Waals surface area contributed by atoms with Crippen molar-refractivity contribution in [2.24, 2.45) is 0 Å². The van der Waals surface area contributed by atoms with Crippen molar-refractivity contribution in [1.82, 2.24) is 4.90 Å². The number of allylic oxidation sites excluding steroid dienone is 1. The van der Waals surface area contributed by atoms with Gasteiger partial charge in [0.15, 0.2) is 5.72 Å². The Hall–Kier alpha value is -2.46. The highest BCUT2D eigenvalue weighted by atomic mass is 35.5. The maximum absolute atomic E-state index is 13.1. The predicted molar refractivity (Wildman–Crippen MR) is 108 cm³/mol. The maximum Gasteiger partial charge on any atom is 0.231 e. The number of ether oxygens (including phenoxy) is 1. The number of halogens is 1. The molecule has 0 spiro atoms. The highest BCUT2D eigenvalue weighted by Crippen LogP contribution is 2.51. The monoisotopic (exact) mass is 412 g/mol. The number of thioether (sulfide) groups is 1. The average Bonchev–Trinajstić information content (AvgIpc) is 3.07. The fourth-order valence-electron chi connectivity index (χ4n) is 3.68. The van der Waals surface area contributed by atoms with Gasteiger partial charge in [-0.25, -0.2) is 0 Å². The van der Waals surface area contributed by atoms with Gasteiger partial charge in [0.25, 0.3) is 0 Å². The molecule has 5 nitrogen and oxygen atoms in total. The summed E-state index contributed by atoms with van der Waals surface area (Å²) in [7, 11) is 1.59. The van der Waals surface area contributed by atoms with E-state index in [9.17, 15) is 15.2 Å².